The highest BCUT2D eigenvalue weighted by Gasteiger charge is 2.44. The van der Waals surface area contributed by atoms with Gasteiger partial charge in [0.25, 0.3) is 5.91 Å². The van der Waals surface area contributed by atoms with E-state index in [-0.39, 0.29) is 11.8 Å². The number of likely N-dealkylation sites (N-methyl/N-ethyl adjacent to an activating group) is 1. The highest BCUT2D eigenvalue weighted by atomic mass is 19.1. The van der Waals surface area contributed by atoms with E-state index in [0.717, 1.165) is 0 Å². The molecule has 3 aromatic rings. The van der Waals surface area contributed by atoms with Crippen molar-refractivity contribution in [1.82, 2.24) is 4.90 Å². The lowest BCUT2D eigenvalue weighted by atomic mass is 9.79. The van der Waals surface area contributed by atoms with Gasteiger partial charge in [-0.3, -0.25) is 9.59 Å². The Morgan fingerprint density at radius 1 is 0.833 bits per heavy atom. The maximum atomic E-state index is 13.8. The third-order valence-corrected chi connectivity index (χ3v) is 6.32. The number of halogens is 1. The van der Waals surface area contributed by atoms with Crippen LogP contribution in [0.5, 0.6) is 23.0 Å². The van der Waals surface area contributed by atoms with Crippen LogP contribution in [-0.4, -0.2) is 52.2 Å². The summed E-state index contributed by atoms with van der Waals surface area (Å²) in [6.07, 6.45) is 0. The van der Waals surface area contributed by atoms with E-state index in [2.05, 4.69) is 5.32 Å². The second-order valence-electron chi connectivity index (χ2n) is 8.24. The Balaban J connectivity index is 1.89. The molecule has 0 aliphatic carbocycles. The van der Waals surface area contributed by atoms with E-state index < -0.39 is 17.8 Å². The van der Waals surface area contributed by atoms with E-state index in [1.807, 2.05) is 0 Å². The fourth-order valence-corrected chi connectivity index (χ4v) is 4.54. The van der Waals surface area contributed by atoms with Crippen LogP contribution in [0.15, 0.2) is 54.6 Å². The zero-order valence-corrected chi connectivity index (χ0v) is 20.6. The van der Waals surface area contributed by atoms with Crippen LogP contribution in [0.1, 0.15) is 33.4 Å². The Labute approximate surface area is 208 Å². The van der Waals surface area contributed by atoms with Crippen molar-refractivity contribution in [2.45, 2.75) is 12.0 Å². The molecule has 188 valence electrons. The summed E-state index contributed by atoms with van der Waals surface area (Å²) in [6.45, 7) is 0. The molecule has 36 heavy (non-hydrogen) atoms. The molecule has 0 spiro atoms. The van der Waals surface area contributed by atoms with Gasteiger partial charge in [-0.25, -0.2) is 4.39 Å². The van der Waals surface area contributed by atoms with Gasteiger partial charge in [-0.15, -0.1) is 0 Å². The largest absolute Gasteiger partial charge is 0.493 e. The number of anilines is 1. The predicted molar refractivity (Wildman–Crippen MR) is 132 cm³/mol. The number of hydrogen-bond acceptors (Lipinski definition) is 6. The van der Waals surface area contributed by atoms with Crippen LogP contribution in [0.3, 0.4) is 0 Å². The minimum Gasteiger partial charge on any atom is -0.493 e. The van der Waals surface area contributed by atoms with Crippen molar-refractivity contribution in [2.75, 3.05) is 40.8 Å². The highest BCUT2D eigenvalue weighted by molar-refractivity contribution is 6.05. The summed E-state index contributed by atoms with van der Waals surface area (Å²) in [7, 11) is 7.65. The molecule has 0 unspecified atom stereocenters. The number of benzene rings is 3. The average Bonchev–Trinajstić information content (AvgIpc) is 2.90. The molecule has 1 aliphatic rings. The van der Waals surface area contributed by atoms with Gasteiger partial charge in [-0.05, 0) is 59.7 Å². The molecule has 4 rings (SSSR count). The second kappa shape index (κ2) is 10.2. The van der Waals surface area contributed by atoms with Crippen LogP contribution < -0.4 is 24.3 Å². The summed E-state index contributed by atoms with van der Waals surface area (Å²) in [4.78, 5) is 28.8. The number of rotatable bonds is 7. The van der Waals surface area contributed by atoms with Gasteiger partial charge in [-0.1, -0.05) is 6.07 Å². The molecule has 1 N–H and O–H groups in total. The highest BCUT2D eigenvalue weighted by Crippen LogP contribution is 2.47. The van der Waals surface area contributed by atoms with Crippen molar-refractivity contribution in [1.29, 1.82) is 0 Å². The molecule has 1 heterocycles. The summed E-state index contributed by atoms with van der Waals surface area (Å²) in [5.74, 6) is -0.172. The van der Waals surface area contributed by atoms with Gasteiger partial charge in [0.15, 0.2) is 23.0 Å². The Hall–Kier alpha value is -4.27. The molecule has 1 aliphatic heterocycles. The zero-order valence-electron chi connectivity index (χ0n) is 20.6. The number of methoxy groups -OCH3 is 4. The van der Waals surface area contributed by atoms with Crippen molar-refractivity contribution in [2.24, 2.45) is 0 Å². The molecule has 3 aromatic carbocycles. The minimum atomic E-state index is -0.842. The minimum absolute atomic E-state index is 0.281. The summed E-state index contributed by atoms with van der Waals surface area (Å²) in [5, 5.41) is 2.86. The summed E-state index contributed by atoms with van der Waals surface area (Å²) < 4.78 is 35.1. The van der Waals surface area contributed by atoms with Crippen molar-refractivity contribution in [3.8, 4) is 23.0 Å². The first-order chi connectivity index (χ1) is 17.3. The molecular weight excluding hydrogens is 467 g/mol. The second-order valence-corrected chi connectivity index (χ2v) is 8.24. The van der Waals surface area contributed by atoms with Gasteiger partial charge in [-0.2, -0.15) is 0 Å². The van der Waals surface area contributed by atoms with Crippen molar-refractivity contribution >= 4 is 17.5 Å². The van der Waals surface area contributed by atoms with Gasteiger partial charge in [0.2, 0.25) is 5.91 Å². The summed E-state index contributed by atoms with van der Waals surface area (Å²) >= 11 is 0. The number of carbonyl (C=O) groups is 2. The third kappa shape index (κ3) is 4.39. The maximum Gasteiger partial charge on any atom is 0.254 e. The van der Waals surface area contributed by atoms with Crippen LogP contribution in [0, 0.1) is 5.82 Å². The molecule has 0 radical (unpaired) electrons. The van der Waals surface area contributed by atoms with E-state index in [4.69, 9.17) is 18.9 Å². The summed E-state index contributed by atoms with van der Waals surface area (Å²) in [6, 6.07) is 13.3. The molecule has 0 saturated heterocycles. The van der Waals surface area contributed by atoms with Gasteiger partial charge < -0.3 is 29.2 Å². The van der Waals surface area contributed by atoms with Gasteiger partial charge in [0.1, 0.15) is 5.82 Å². The first kappa shape index (κ1) is 24.8. The van der Waals surface area contributed by atoms with Crippen LogP contribution in [0.25, 0.3) is 0 Å². The monoisotopic (exact) mass is 494 g/mol. The molecule has 9 heteroatoms. The molecule has 2 atom stereocenters. The maximum absolute atomic E-state index is 13.8. The quantitative estimate of drug-likeness (QED) is 0.524. The molecule has 0 aromatic heterocycles. The van der Waals surface area contributed by atoms with E-state index in [9.17, 15) is 14.0 Å². The Bertz CT molecular complexity index is 1290. The van der Waals surface area contributed by atoms with E-state index in [1.165, 1.54) is 57.6 Å². The predicted octanol–water partition coefficient (Wildman–Crippen LogP) is 4.41. The van der Waals surface area contributed by atoms with E-state index >= 15 is 0 Å². The van der Waals surface area contributed by atoms with Crippen LogP contribution in [-0.2, 0) is 4.79 Å². The van der Waals surface area contributed by atoms with Crippen LogP contribution in [0.2, 0.25) is 0 Å². The first-order valence-electron chi connectivity index (χ1n) is 11.1. The van der Waals surface area contributed by atoms with Crippen LogP contribution >= 0.6 is 0 Å². The number of nitrogens with zero attached hydrogens (tertiary/aromatic N) is 1. The van der Waals surface area contributed by atoms with Crippen LogP contribution in [0.4, 0.5) is 10.1 Å². The lowest BCUT2D eigenvalue weighted by molar-refractivity contribution is -0.119. The lowest BCUT2D eigenvalue weighted by Crippen LogP contribution is -2.44. The van der Waals surface area contributed by atoms with Gasteiger partial charge in [0, 0.05) is 18.3 Å². The van der Waals surface area contributed by atoms with Crippen molar-refractivity contribution in [3.63, 3.8) is 0 Å². The van der Waals surface area contributed by atoms with E-state index in [0.29, 0.717) is 45.4 Å². The smallest absolute Gasteiger partial charge is 0.254 e. The lowest BCUT2D eigenvalue weighted by Gasteiger charge is -2.40. The average molecular weight is 495 g/mol. The normalized spacial score (nSPS) is 16.7. The Morgan fingerprint density at radius 2 is 1.42 bits per heavy atom. The SMILES string of the molecule is COc1ccc([C@@H]2[C@@H](C(=O)Nc3ccc(F)cc3)c3cc(OC)c(OC)cc3C(=O)N2C)cc1OC. The van der Waals surface area contributed by atoms with Crippen molar-refractivity contribution < 1.29 is 32.9 Å². The molecular formula is C27H27FN2O6. The molecule has 0 bridgehead atoms. The fraction of sp³-hybridized carbons (Fsp3) is 0.259. The Kier molecular flexibility index (Phi) is 7.00. The molecule has 0 fully saturated rings. The molecule has 2 amide bonds. The number of nitrogens with one attached hydrogen (secondary N) is 1. The summed E-state index contributed by atoms with van der Waals surface area (Å²) in [5.41, 5.74) is 1.90. The number of carbonyl (C=O) groups excluding carboxylic acids is 2. The first-order valence-corrected chi connectivity index (χ1v) is 11.1. The third-order valence-electron chi connectivity index (χ3n) is 6.32. The van der Waals surface area contributed by atoms with Gasteiger partial charge in [0.05, 0.1) is 40.4 Å². The van der Waals surface area contributed by atoms with Gasteiger partial charge >= 0.3 is 0 Å². The number of hydrogen-bond donors (Lipinski definition) is 1. The molecule has 8 nitrogen and oxygen atoms in total. The number of ether oxygens (including phenoxy) is 4. The topological polar surface area (TPSA) is 86.3 Å². The molecule has 0 saturated carbocycles. The number of fused-ring (bicyclic) bond motifs is 1. The van der Waals surface area contributed by atoms with Crippen molar-refractivity contribution in [3.05, 3.63) is 77.1 Å². The standard InChI is InChI=1S/C27H27FN2O6/c1-30-25(15-6-11-20(33-2)21(12-15)34-3)24(26(31)29-17-9-7-16(28)8-10-17)18-13-22(35-4)23(36-5)14-19(18)27(30)32/h6-14,24-25H,1-5H3,(H,29,31)/t24-,25+/m0/s1. The van der Waals surface area contributed by atoms with E-state index in [1.54, 1.807) is 37.4 Å². The zero-order chi connectivity index (χ0) is 26.0. The number of amides is 2. The fourth-order valence-electron chi connectivity index (χ4n) is 4.54. The Morgan fingerprint density at radius 3 is 2.03 bits per heavy atom.